The minimum Gasteiger partial charge on any atom is -0.465 e. The number of allylic oxidation sites excluding steroid dienone is 6. The number of carbonyl (C=O) groups is 1. The Labute approximate surface area is 160 Å². The molecule has 0 aromatic rings. The number of ether oxygens (including phenoxy) is 1. The van der Waals surface area contributed by atoms with E-state index in [2.05, 4.69) is 52.0 Å². The van der Waals surface area contributed by atoms with Crippen molar-refractivity contribution < 1.29 is 9.53 Å². The summed E-state index contributed by atoms with van der Waals surface area (Å²) in [6, 6.07) is 2.09. The van der Waals surface area contributed by atoms with Crippen LogP contribution >= 0.6 is 0 Å². The van der Waals surface area contributed by atoms with Crippen molar-refractivity contribution in [1.82, 2.24) is 0 Å². The normalized spacial score (nSPS) is 14.3. The quantitative estimate of drug-likeness (QED) is 0.294. The average molecular weight is 360 g/mol. The van der Waals surface area contributed by atoms with E-state index in [1.807, 2.05) is 6.92 Å². The van der Waals surface area contributed by atoms with E-state index >= 15 is 0 Å². The summed E-state index contributed by atoms with van der Waals surface area (Å²) in [5.74, 6) is -1.03. The van der Waals surface area contributed by atoms with Crippen LogP contribution in [-0.4, -0.2) is 12.6 Å². The summed E-state index contributed by atoms with van der Waals surface area (Å²) in [5.41, 5.74) is 4.21. The molecule has 2 atom stereocenters. The van der Waals surface area contributed by atoms with E-state index in [4.69, 9.17) is 4.74 Å². The van der Waals surface area contributed by atoms with Crippen LogP contribution < -0.4 is 0 Å². The molecule has 3 heteroatoms. The second kappa shape index (κ2) is 14.4. The summed E-state index contributed by atoms with van der Waals surface area (Å²) in [6.07, 6.45) is 13.0. The number of esters is 1. The van der Waals surface area contributed by atoms with Gasteiger partial charge in [-0.1, -0.05) is 41.9 Å². The minimum absolute atomic E-state index is 0.0142. The topological polar surface area (TPSA) is 50.1 Å². The second-order valence-corrected chi connectivity index (χ2v) is 7.37. The molecular weight excluding hydrogens is 322 g/mol. The van der Waals surface area contributed by atoms with E-state index in [0.29, 0.717) is 6.61 Å². The van der Waals surface area contributed by atoms with Crippen molar-refractivity contribution in [2.75, 3.05) is 6.61 Å². The predicted molar refractivity (Wildman–Crippen MR) is 110 cm³/mol. The van der Waals surface area contributed by atoms with Crippen LogP contribution in [0.2, 0.25) is 0 Å². The smallest absolute Gasteiger partial charge is 0.323 e. The fraction of sp³-hybridized carbons (Fsp3) is 0.652. The molecule has 0 aliphatic rings. The fourth-order valence-corrected chi connectivity index (χ4v) is 2.74. The maximum absolute atomic E-state index is 11.8. The Morgan fingerprint density at radius 2 is 1.54 bits per heavy atom. The summed E-state index contributed by atoms with van der Waals surface area (Å²) in [7, 11) is 0. The highest BCUT2D eigenvalue weighted by molar-refractivity contribution is 5.75. The van der Waals surface area contributed by atoms with Gasteiger partial charge in [0.2, 0.25) is 0 Å². The van der Waals surface area contributed by atoms with Gasteiger partial charge in [-0.25, -0.2) is 0 Å². The van der Waals surface area contributed by atoms with E-state index < -0.39 is 11.9 Å². The van der Waals surface area contributed by atoms with E-state index in [9.17, 15) is 10.1 Å². The first kappa shape index (κ1) is 24.2. The van der Waals surface area contributed by atoms with Crippen molar-refractivity contribution in [1.29, 1.82) is 5.26 Å². The average Bonchev–Trinajstić information content (AvgIpc) is 2.55. The molecule has 0 saturated carbocycles. The first-order valence-corrected chi connectivity index (χ1v) is 9.82. The van der Waals surface area contributed by atoms with Crippen LogP contribution in [0.4, 0.5) is 0 Å². The maximum atomic E-state index is 11.8. The van der Waals surface area contributed by atoms with Crippen LogP contribution in [0.1, 0.15) is 80.1 Å². The molecule has 0 rings (SSSR count). The van der Waals surface area contributed by atoms with Gasteiger partial charge in [-0.3, -0.25) is 4.79 Å². The van der Waals surface area contributed by atoms with Gasteiger partial charge in [0, 0.05) is 0 Å². The van der Waals surface area contributed by atoms with Crippen molar-refractivity contribution in [2.24, 2.45) is 11.8 Å². The molecule has 2 unspecified atom stereocenters. The predicted octanol–water partition coefficient (Wildman–Crippen LogP) is 6.52. The summed E-state index contributed by atoms with van der Waals surface area (Å²) in [5, 5.41) is 9.19. The van der Waals surface area contributed by atoms with Crippen molar-refractivity contribution in [3.05, 3.63) is 34.9 Å². The molecular formula is C23H37NO2. The highest BCUT2D eigenvalue weighted by atomic mass is 16.5. The lowest BCUT2D eigenvalue weighted by Crippen LogP contribution is -2.22. The van der Waals surface area contributed by atoms with Gasteiger partial charge in [-0.05, 0) is 79.1 Å². The Bertz CT molecular complexity index is 545. The number of carbonyl (C=O) groups excluding carboxylic acids is 1. The molecule has 0 N–H and O–H groups in total. The van der Waals surface area contributed by atoms with Crippen LogP contribution in [0.5, 0.6) is 0 Å². The second-order valence-electron chi connectivity index (χ2n) is 7.37. The molecule has 0 heterocycles. The van der Waals surface area contributed by atoms with E-state index in [1.54, 1.807) is 6.92 Å². The molecule has 0 saturated heterocycles. The van der Waals surface area contributed by atoms with E-state index in [0.717, 1.165) is 38.5 Å². The molecule has 0 aromatic heterocycles. The molecule has 0 spiro atoms. The molecule has 0 bridgehead atoms. The zero-order chi connectivity index (χ0) is 19.9. The SMILES string of the molecule is CCOC(=O)C(C#N)C(C)CCC=C(C)CCC=C(C)CCC=C(C)C. The third kappa shape index (κ3) is 11.7. The summed E-state index contributed by atoms with van der Waals surface area (Å²) >= 11 is 0. The van der Waals surface area contributed by atoms with Gasteiger partial charge in [-0.2, -0.15) is 5.26 Å². The van der Waals surface area contributed by atoms with Crippen molar-refractivity contribution >= 4 is 5.97 Å². The molecule has 0 amide bonds. The Hall–Kier alpha value is -1.82. The molecule has 3 nitrogen and oxygen atoms in total. The Morgan fingerprint density at radius 3 is 2.04 bits per heavy atom. The maximum Gasteiger partial charge on any atom is 0.323 e. The van der Waals surface area contributed by atoms with E-state index in [-0.39, 0.29) is 5.92 Å². The number of nitriles is 1. The lowest BCUT2D eigenvalue weighted by molar-refractivity contribution is -0.147. The lowest BCUT2D eigenvalue weighted by Gasteiger charge is -2.15. The van der Waals surface area contributed by atoms with Gasteiger partial charge in [0.25, 0.3) is 0 Å². The van der Waals surface area contributed by atoms with Crippen molar-refractivity contribution in [3.63, 3.8) is 0 Å². The number of nitrogens with zero attached hydrogens (tertiary/aromatic N) is 1. The van der Waals surface area contributed by atoms with Gasteiger partial charge in [0.05, 0.1) is 12.7 Å². The minimum atomic E-state index is -0.657. The van der Waals surface area contributed by atoms with Crippen LogP contribution in [-0.2, 0) is 9.53 Å². The van der Waals surface area contributed by atoms with Crippen molar-refractivity contribution in [3.8, 4) is 6.07 Å². The highest BCUT2D eigenvalue weighted by Gasteiger charge is 2.25. The summed E-state index contributed by atoms with van der Waals surface area (Å²) in [6.45, 7) is 12.7. The lowest BCUT2D eigenvalue weighted by atomic mass is 9.90. The largest absolute Gasteiger partial charge is 0.465 e. The molecule has 0 aliphatic heterocycles. The molecule has 146 valence electrons. The van der Waals surface area contributed by atoms with Gasteiger partial charge in [0.1, 0.15) is 5.92 Å². The van der Waals surface area contributed by atoms with E-state index in [1.165, 1.54) is 16.7 Å². The number of hydrogen-bond donors (Lipinski definition) is 0. The van der Waals surface area contributed by atoms with Gasteiger partial charge >= 0.3 is 5.97 Å². The van der Waals surface area contributed by atoms with Crippen LogP contribution in [0.25, 0.3) is 0 Å². The van der Waals surface area contributed by atoms with Crippen LogP contribution in [0.3, 0.4) is 0 Å². The molecule has 26 heavy (non-hydrogen) atoms. The third-order valence-electron chi connectivity index (χ3n) is 4.49. The Kier molecular flexibility index (Phi) is 13.4. The third-order valence-corrected chi connectivity index (χ3v) is 4.49. The number of hydrogen-bond acceptors (Lipinski definition) is 3. The zero-order valence-corrected chi connectivity index (χ0v) is 17.6. The zero-order valence-electron chi connectivity index (χ0n) is 17.6. The molecule has 0 aromatic carbocycles. The summed E-state index contributed by atoms with van der Waals surface area (Å²) < 4.78 is 4.97. The first-order valence-electron chi connectivity index (χ1n) is 9.82. The molecule has 0 radical (unpaired) electrons. The number of rotatable bonds is 12. The first-order chi connectivity index (χ1) is 12.3. The van der Waals surface area contributed by atoms with Crippen molar-refractivity contribution in [2.45, 2.75) is 80.1 Å². The monoisotopic (exact) mass is 359 g/mol. The molecule has 0 aliphatic carbocycles. The Morgan fingerprint density at radius 1 is 1.00 bits per heavy atom. The highest BCUT2D eigenvalue weighted by Crippen LogP contribution is 2.20. The van der Waals surface area contributed by atoms with Gasteiger partial charge in [0.15, 0.2) is 0 Å². The van der Waals surface area contributed by atoms with Crippen LogP contribution in [0.15, 0.2) is 34.9 Å². The summed E-state index contributed by atoms with van der Waals surface area (Å²) in [4.78, 5) is 11.8. The fourth-order valence-electron chi connectivity index (χ4n) is 2.74. The van der Waals surface area contributed by atoms with Gasteiger partial charge < -0.3 is 4.74 Å². The van der Waals surface area contributed by atoms with Crippen LogP contribution in [0, 0.1) is 23.2 Å². The van der Waals surface area contributed by atoms with Gasteiger partial charge in [-0.15, -0.1) is 0 Å². The molecule has 0 fully saturated rings. The standard InChI is InChI=1S/C23H37NO2/c1-7-26-23(25)22(17-24)21(6)16-10-15-20(5)14-9-13-19(4)12-8-11-18(2)3/h11,13,15,21-22H,7-10,12,14,16H2,1-6H3. The Balaban J connectivity index is 4.23.